The fraction of sp³-hybridized carbons (Fsp3) is 0.462. The number of ether oxygens (including phenoxy) is 1. The first-order valence-electron chi connectivity index (χ1n) is 6.09. The van der Waals surface area contributed by atoms with Crippen LogP contribution in [-0.4, -0.2) is 55.5 Å². The molecule has 0 bridgehead atoms. The molecule has 19 heavy (non-hydrogen) atoms. The molecule has 0 atom stereocenters. The fourth-order valence-corrected chi connectivity index (χ4v) is 1.97. The Labute approximate surface area is 110 Å². The summed E-state index contributed by atoms with van der Waals surface area (Å²) >= 11 is 0. The van der Waals surface area contributed by atoms with Gasteiger partial charge in [0.15, 0.2) is 0 Å². The zero-order valence-electron chi connectivity index (χ0n) is 10.7. The van der Waals surface area contributed by atoms with Crippen molar-refractivity contribution in [2.75, 3.05) is 33.2 Å². The van der Waals surface area contributed by atoms with Gasteiger partial charge in [-0.05, 0) is 31.3 Å². The third-order valence-electron chi connectivity index (χ3n) is 3.12. The van der Waals surface area contributed by atoms with E-state index in [1.807, 2.05) is 7.05 Å². The number of carbonyl (C=O) groups excluding carboxylic acids is 1. The summed E-state index contributed by atoms with van der Waals surface area (Å²) in [6.07, 6.45) is 0. The van der Waals surface area contributed by atoms with E-state index in [-0.39, 0.29) is 11.7 Å². The first-order valence-corrected chi connectivity index (χ1v) is 6.09. The molecule has 0 N–H and O–H groups in total. The molecule has 0 unspecified atom stereocenters. The van der Waals surface area contributed by atoms with E-state index in [1.165, 1.54) is 24.3 Å². The Bertz CT molecular complexity index is 429. The van der Waals surface area contributed by atoms with Crippen molar-refractivity contribution in [1.29, 1.82) is 0 Å². The number of alkyl halides is 2. The second kappa shape index (κ2) is 5.97. The summed E-state index contributed by atoms with van der Waals surface area (Å²) in [5.41, 5.74) is 0.492. The maximum absolute atomic E-state index is 12.2. The van der Waals surface area contributed by atoms with E-state index < -0.39 is 6.61 Å². The lowest BCUT2D eigenvalue weighted by atomic mass is 10.1. The van der Waals surface area contributed by atoms with Crippen molar-refractivity contribution in [1.82, 2.24) is 9.80 Å². The predicted octanol–water partition coefficient (Wildman–Crippen LogP) is 1.68. The van der Waals surface area contributed by atoms with Crippen LogP contribution >= 0.6 is 0 Å². The summed E-state index contributed by atoms with van der Waals surface area (Å²) in [4.78, 5) is 16.1. The second-order valence-corrected chi connectivity index (χ2v) is 4.50. The Balaban J connectivity index is 1.99. The molecule has 0 aliphatic carbocycles. The summed E-state index contributed by atoms with van der Waals surface area (Å²) in [5, 5.41) is 0. The molecule has 0 radical (unpaired) electrons. The van der Waals surface area contributed by atoms with E-state index in [4.69, 9.17) is 0 Å². The van der Waals surface area contributed by atoms with Gasteiger partial charge in [-0.2, -0.15) is 8.78 Å². The number of amides is 1. The highest BCUT2D eigenvalue weighted by Crippen LogP contribution is 2.16. The van der Waals surface area contributed by atoms with Crippen molar-refractivity contribution in [2.45, 2.75) is 6.61 Å². The Hall–Kier alpha value is -1.69. The van der Waals surface area contributed by atoms with Crippen LogP contribution in [0.1, 0.15) is 10.4 Å². The van der Waals surface area contributed by atoms with E-state index in [2.05, 4.69) is 9.64 Å². The molecule has 1 fully saturated rings. The molecule has 1 amide bonds. The molecule has 0 spiro atoms. The lowest BCUT2D eigenvalue weighted by molar-refractivity contribution is -0.0498. The van der Waals surface area contributed by atoms with Gasteiger partial charge in [0, 0.05) is 31.7 Å². The van der Waals surface area contributed by atoms with E-state index in [0.717, 1.165) is 13.1 Å². The van der Waals surface area contributed by atoms with Crippen LogP contribution in [0.4, 0.5) is 8.78 Å². The van der Waals surface area contributed by atoms with E-state index in [9.17, 15) is 13.6 Å². The van der Waals surface area contributed by atoms with Gasteiger partial charge in [-0.1, -0.05) is 0 Å². The van der Waals surface area contributed by atoms with Crippen molar-refractivity contribution < 1.29 is 18.3 Å². The van der Waals surface area contributed by atoms with E-state index in [0.29, 0.717) is 18.7 Å². The second-order valence-electron chi connectivity index (χ2n) is 4.50. The van der Waals surface area contributed by atoms with Gasteiger partial charge >= 0.3 is 6.61 Å². The minimum atomic E-state index is -2.85. The Morgan fingerprint density at radius 3 is 2.26 bits per heavy atom. The summed E-state index contributed by atoms with van der Waals surface area (Å²) in [6.45, 7) is 0.213. The van der Waals surface area contributed by atoms with Crippen molar-refractivity contribution in [3.63, 3.8) is 0 Å². The summed E-state index contributed by atoms with van der Waals surface area (Å²) < 4.78 is 28.3. The van der Waals surface area contributed by atoms with Crippen LogP contribution < -0.4 is 4.74 Å². The average Bonchev–Trinajstić information content (AvgIpc) is 2.39. The number of hydrogen-bond donors (Lipinski definition) is 0. The zero-order valence-corrected chi connectivity index (χ0v) is 10.7. The topological polar surface area (TPSA) is 32.8 Å². The monoisotopic (exact) mass is 270 g/mol. The van der Waals surface area contributed by atoms with Crippen molar-refractivity contribution in [3.05, 3.63) is 29.8 Å². The third kappa shape index (κ3) is 3.64. The first kappa shape index (κ1) is 13.7. The van der Waals surface area contributed by atoms with Crippen molar-refractivity contribution >= 4 is 5.91 Å². The van der Waals surface area contributed by atoms with E-state index in [1.54, 1.807) is 4.90 Å². The SMILES string of the molecule is CN1CCN(C(=O)c2ccc(OC(F)F)cc2)CC1. The molecule has 1 aromatic rings. The maximum Gasteiger partial charge on any atom is 0.387 e. The molecule has 1 saturated heterocycles. The number of halogens is 2. The lowest BCUT2D eigenvalue weighted by Crippen LogP contribution is -2.47. The molecular weight excluding hydrogens is 254 g/mol. The quantitative estimate of drug-likeness (QED) is 0.837. The number of piperazine rings is 1. The molecule has 104 valence electrons. The Morgan fingerprint density at radius 2 is 1.74 bits per heavy atom. The highest BCUT2D eigenvalue weighted by Gasteiger charge is 2.20. The molecular formula is C13H16F2N2O2. The van der Waals surface area contributed by atoms with Crippen LogP contribution in [0, 0.1) is 0 Å². The van der Waals surface area contributed by atoms with Gasteiger partial charge in [0.2, 0.25) is 0 Å². The highest BCUT2D eigenvalue weighted by atomic mass is 19.3. The van der Waals surface area contributed by atoms with Crippen molar-refractivity contribution in [2.24, 2.45) is 0 Å². The van der Waals surface area contributed by atoms with Gasteiger partial charge in [0.05, 0.1) is 0 Å². The van der Waals surface area contributed by atoms with Crippen LogP contribution in [0.3, 0.4) is 0 Å². The molecule has 6 heteroatoms. The number of nitrogens with zero attached hydrogens (tertiary/aromatic N) is 2. The number of hydrogen-bond acceptors (Lipinski definition) is 3. The number of benzene rings is 1. The molecule has 1 aliphatic rings. The van der Waals surface area contributed by atoms with Gasteiger partial charge in [-0.3, -0.25) is 4.79 Å². The molecule has 4 nitrogen and oxygen atoms in total. The summed E-state index contributed by atoms with van der Waals surface area (Å²) in [6, 6.07) is 5.79. The van der Waals surface area contributed by atoms with Crippen molar-refractivity contribution in [3.8, 4) is 5.75 Å². The standard InChI is InChI=1S/C13H16F2N2O2/c1-16-6-8-17(9-7-16)12(18)10-2-4-11(5-3-10)19-13(14)15/h2-5,13H,6-9H2,1H3. The normalized spacial score (nSPS) is 16.7. The van der Waals surface area contributed by atoms with Crippen LogP contribution in [0.2, 0.25) is 0 Å². The van der Waals surface area contributed by atoms with Crippen LogP contribution in [0.25, 0.3) is 0 Å². The zero-order chi connectivity index (χ0) is 13.8. The van der Waals surface area contributed by atoms with Crippen LogP contribution in [0.15, 0.2) is 24.3 Å². The largest absolute Gasteiger partial charge is 0.435 e. The minimum Gasteiger partial charge on any atom is -0.435 e. The van der Waals surface area contributed by atoms with Gasteiger partial charge in [0.25, 0.3) is 5.91 Å². The van der Waals surface area contributed by atoms with Gasteiger partial charge in [-0.15, -0.1) is 0 Å². The van der Waals surface area contributed by atoms with Gasteiger partial charge in [-0.25, -0.2) is 0 Å². The molecule has 2 rings (SSSR count). The number of rotatable bonds is 3. The van der Waals surface area contributed by atoms with Gasteiger partial charge in [0.1, 0.15) is 5.75 Å². The predicted molar refractivity (Wildman–Crippen MR) is 66.5 cm³/mol. The lowest BCUT2D eigenvalue weighted by Gasteiger charge is -2.32. The first-order chi connectivity index (χ1) is 9.06. The Kier molecular flexibility index (Phi) is 4.31. The molecule has 1 aromatic carbocycles. The summed E-state index contributed by atoms with van der Waals surface area (Å²) in [5.74, 6) is -0.0124. The molecule has 0 saturated carbocycles. The number of likely N-dealkylation sites (N-methyl/N-ethyl adjacent to an activating group) is 1. The van der Waals surface area contributed by atoms with Crippen LogP contribution in [-0.2, 0) is 0 Å². The third-order valence-corrected chi connectivity index (χ3v) is 3.12. The minimum absolute atomic E-state index is 0.0601. The van der Waals surface area contributed by atoms with E-state index >= 15 is 0 Å². The average molecular weight is 270 g/mol. The molecule has 0 aromatic heterocycles. The highest BCUT2D eigenvalue weighted by molar-refractivity contribution is 5.94. The van der Waals surface area contributed by atoms with Gasteiger partial charge < -0.3 is 14.5 Å². The molecule has 1 aliphatic heterocycles. The fourth-order valence-electron chi connectivity index (χ4n) is 1.97. The van der Waals surface area contributed by atoms with Crippen LogP contribution in [0.5, 0.6) is 5.75 Å². The number of carbonyl (C=O) groups is 1. The molecule has 1 heterocycles. The maximum atomic E-state index is 12.2. The smallest absolute Gasteiger partial charge is 0.387 e. The summed E-state index contributed by atoms with van der Waals surface area (Å²) in [7, 11) is 2.01. The Morgan fingerprint density at radius 1 is 1.16 bits per heavy atom.